The number of nitrogens with one attached hydrogen (secondary N) is 1. The largest absolute Gasteiger partial charge is 0.573 e. The predicted octanol–water partition coefficient (Wildman–Crippen LogP) is 4.09. The molecule has 13 heteroatoms. The lowest BCUT2D eigenvalue weighted by atomic mass is 10.2. The van der Waals surface area contributed by atoms with Gasteiger partial charge in [-0.25, -0.2) is 0 Å². The summed E-state index contributed by atoms with van der Waals surface area (Å²) < 4.78 is 53.1. The second-order valence-corrected chi connectivity index (χ2v) is 7.22. The van der Waals surface area contributed by atoms with Crippen LogP contribution in [0.25, 0.3) is 5.69 Å². The molecule has 0 fully saturated rings. The van der Waals surface area contributed by atoms with Crippen molar-refractivity contribution in [3.05, 3.63) is 42.5 Å². The Morgan fingerprint density at radius 2 is 1.76 bits per heavy atom. The zero-order valence-electron chi connectivity index (χ0n) is 17.6. The molecule has 0 saturated carbocycles. The van der Waals surface area contributed by atoms with E-state index in [1.165, 1.54) is 16.8 Å². The van der Waals surface area contributed by atoms with Gasteiger partial charge in [0, 0.05) is 11.8 Å². The minimum Gasteiger partial charge on any atom is -0.490 e. The molecule has 0 radical (unpaired) electrons. The summed E-state index contributed by atoms with van der Waals surface area (Å²) in [6, 6.07) is 10.1. The third-order valence-corrected chi connectivity index (χ3v) is 4.83. The summed E-state index contributed by atoms with van der Waals surface area (Å²) in [5.74, 6) is 0.418. The second kappa shape index (κ2) is 10.9. The molecule has 0 atom stereocenters. The van der Waals surface area contributed by atoms with E-state index in [1.807, 2.05) is 13.8 Å². The first kappa shape index (κ1) is 24.2. The third-order valence-electron chi connectivity index (χ3n) is 3.92. The van der Waals surface area contributed by atoms with E-state index in [-0.39, 0.29) is 22.6 Å². The lowest BCUT2D eigenvalue weighted by Crippen LogP contribution is -2.17. The van der Waals surface area contributed by atoms with Crippen molar-refractivity contribution in [3.63, 3.8) is 0 Å². The van der Waals surface area contributed by atoms with Crippen molar-refractivity contribution in [1.82, 2.24) is 20.2 Å². The molecule has 1 heterocycles. The second-order valence-electron chi connectivity index (χ2n) is 6.28. The SMILES string of the molecule is CCOc1ccc(NC(=O)CSc2nnnn2-c2ccc(OC(F)(F)F)cc2)cc1OCC. The Morgan fingerprint density at radius 3 is 2.42 bits per heavy atom. The van der Waals surface area contributed by atoms with Gasteiger partial charge in [0.05, 0.1) is 24.7 Å². The molecule has 3 aromatic rings. The van der Waals surface area contributed by atoms with Gasteiger partial charge in [-0.05, 0) is 60.7 Å². The van der Waals surface area contributed by atoms with Crippen LogP contribution in [0.4, 0.5) is 18.9 Å². The Hall–Kier alpha value is -3.48. The number of anilines is 1. The summed E-state index contributed by atoms with van der Waals surface area (Å²) in [6.07, 6.45) is -4.78. The zero-order valence-corrected chi connectivity index (χ0v) is 18.4. The highest BCUT2D eigenvalue weighted by Crippen LogP contribution is 2.31. The molecular formula is C20H20F3N5O4S. The maximum Gasteiger partial charge on any atom is 0.573 e. The maximum atomic E-state index is 12.4. The first-order chi connectivity index (χ1) is 15.8. The molecule has 9 nitrogen and oxygen atoms in total. The number of hydrogen-bond acceptors (Lipinski definition) is 8. The van der Waals surface area contributed by atoms with E-state index < -0.39 is 6.36 Å². The fourth-order valence-corrected chi connectivity index (χ4v) is 3.37. The Kier molecular flexibility index (Phi) is 7.98. The fourth-order valence-electron chi connectivity index (χ4n) is 2.68. The molecule has 0 bridgehead atoms. The van der Waals surface area contributed by atoms with E-state index in [0.717, 1.165) is 23.9 Å². The fraction of sp³-hybridized carbons (Fsp3) is 0.300. The Labute approximate surface area is 191 Å². The lowest BCUT2D eigenvalue weighted by Gasteiger charge is -2.13. The molecule has 33 heavy (non-hydrogen) atoms. The summed E-state index contributed by atoms with van der Waals surface area (Å²) in [4.78, 5) is 12.4. The van der Waals surface area contributed by atoms with Crippen LogP contribution in [0.15, 0.2) is 47.6 Å². The topological polar surface area (TPSA) is 100 Å². The van der Waals surface area contributed by atoms with Gasteiger partial charge >= 0.3 is 6.36 Å². The average Bonchev–Trinajstić information content (AvgIpc) is 3.22. The van der Waals surface area contributed by atoms with E-state index >= 15 is 0 Å². The van der Waals surface area contributed by atoms with Gasteiger partial charge in [-0.2, -0.15) is 4.68 Å². The summed E-state index contributed by atoms with van der Waals surface area (Å²) in [5.41, 5.74) is 0.942. The number of benzene rings is 2. The molecule has 1 N–H and O–H groups in total. The van der Waals surface area contributed by atoms with Crippen molar-refractivity contribution < 1.29 is 32.2 Å². The molecular weight excluding hydrogens is 463 g/mol. The number of ether oxygens (including phenoxy) is 3. The van der Waals surface area contributed by atoms with Crippen LogP contribution in [0.2, 0.25) is 0 Å². The molecule has 0 aliphatic heterocycles. The lowest BCUT2D eigenvalue weighted by molar-refractivity contribution is -0.274. The number of carbonyl (C=O) groups excluding carboxylic acids is 1. The van der Waals surface area contributed by atoms with Gasteiger partial charge in [-0.3, -0.25) is 4.79 Å². The Balaban J connectivity index is 1.62. The van der Waals surface area contributed by atoms with Gasteiger partial charge in [-0.15, -0.1) is 18.3 Å². The first-order valence-corrected chi connectivity index (χ1v) is 10.7. The number of hydrogen-bond donors (Lipinski definition) is 1. The van der Waals surface area contributed by atoms with E-state index in [4.69, 9.17) is 9.47 Å². The summed E-state index contributed by atoms with van der Waals surface area (Å²) in [6.45, 7) is 4.63. The summed E-state index contributed by atoms with van der Waals surface area (Å²) >= 11 is 1.06. The van der Waals surface area contributed by atoms with Gasteiger partial charge < -0.3 is 19.5 Å². The highest BCUT2D eigenvalue weighted by atomic mass is 32.2. The van der Waals surface area contributed by atoms with Gasteiger partial charge in [0.15, 0.2) is 11.5 Å². The molecule has 3 rings (SSSR count). The number of amides is 1. The monoisotopic (exact) mass is 483 g/mol. The van der Waals surface area contributed by atoms with Crippen molar-refractivity contribution in [1.29, 1.82) is 0 Å². The van der Waals surface area contributed by atoms with Crippen molar-refractivity contribution in [2.75, 3.05) is 24.3 Å². The number of nitrogens with zero attached hydrogens (tertiary/aromatic N) is 4. The van der Waals surface area contributed by atoms with Crippen LogP contribution >= 0.6 is 11.8 Å². The van der Waals surface area contributed by atoms with Gasteiger partial charge in [-0.1, -0.05) is 11.8 Å². The first-order valence-electron chi connectivity index (χ1n) is 9.76. The smallest absolute Gasteiger partial charge is 0.490 e. The highest BCUT2D eigenvalue weighted by molar-refractivity contribution is 7.99. The predicted molar refractivity (Wildman–Crippen MR) is 114 cm³/mol. The number of carbonyl (C=O) groups is 1. The normalized spacial score (nSPS) is 11.2. The van der Waals surface area contributed by atoms with Crippen LogP contribution in [0, 0.1) is 0 Å². The molecule has 1 amide bonds. The third kappa shape index (κ3) is 7.00. The molecule has 0 saturated heterocycles. The van der Waals surface area contributed by atoms with Gasteiger partial charge in [0.2, 0.25) is 11.1 Å². The molecule has 0 unspecified atom stereocenters. The van der Waals surface area contributed by atoms with Crippen molar-refractivity contribution in [2.24, 2.45) is 0 Å². The molecule has 0 aliphatic rings. The van der Waals surface area contributed by atoms with Crippen LogP contribution in [0.5, 0.6) is 17.2 Å². The number of halogens is 3. The summed E-state index contributed by atoms with van der Waals surface area (Å²) in [5, 5.41) is 14.3. The highest BCUT2D eigenvalue weighted by Gasteiger charge is 2.31. The van der Waals surface area contributed by atoms with Crippen LogP contribution in [-0.4, -0.2) is 51.4 Å². The summed E-state index contributed by atoms with van der Waals surface area (Å²) in [7, 11) is 0. The number of alkyl halides is 3. The quantitative estimate of drug-likeness (QED) is 0.431. The number of rotatable bonds is 10. The van der Waals surface area contributed by atoms with Crippen LogP contribution in [0.1, 0.15) is 13.8 Å². The minimum absolute atomic E-state index is 0.00712. The molecule has 2 aromatic carbocycles. The van der Waals surface area contributed by atoms with E-state index in [9.17, 15) is 18.0 Å². The standard InChI is InChI=1S/C20H20F3N5O4S/c1-3-30-16-10-5-13(11-17(16)31-4-2)24-18(29)12-33-19-25-26-27-28(19)14-6-8-15(9-7-14)32-20(21,22)23/h5-11H,3-4,12H2,1-2H3,(H,24,29). The van der Waals surface area contributed by atoms with Gasteiger partial charge in [0.1, 0.15) is 5.75 Å². The van der Waals surface area contributed by atoms with E-state index in [1.54, 1.807) is 18.2 Å². The van der Waals surface area contributed by atoms with E-state index in [2.05, 4.69) is 25.6 Å². The minimum atomic E-state index is -4.78. The number of thioether (sulfide) groups is 1. The Bertz CT molecular complexity index is 1080. The van der Waals surface area contributed by atoms with Crippen LogP contribution in [0.3, 0.4) is 0 Å². The molecule has 0 spiro atoms. The molecule has 1 aromatic heterocycles. The zero-order chi connectivity index (χ0) is 23.8. The average molecular weight is 483 g/mol. The van der Waals surface area contributed by atoms with Crippen molar-refractivity contribution in [2.45, 2.75) is 25.4 Å². The molecule has 0 aliphatic carbocycles. The maximum absolute atomic E-state index is 12.4. The Morgan fingerprint density at radius 1 is 1.06 bits per heavy atom. The van der Waals surface area contributed by atoms with Gasteiger partial charge in [0.25, 0.3) is 0 Å². The van der Waals surface area contributed by atoms with Crippen molar-refractivity contribution >= 4 is 23.4 Å². The van der Waals surface area contributed by atoms with E-state index in [0.29, 0.717) is 36.1 Å². The molecule has 176 valence electrons. The number of tetrazole rings is 1. The van der Waals surface area contributed by atoms with Crippen molar-refractivity contribution in [3.8, 4) is 22.9 Å². The number of aromatic nitrogens is 4. The van der Waals surface area contributed by atoms with Crippen LogP contribution < -0.4 is 19.5 Å². The van der Waals surface area contributed by atoms with Crippen LogP contribution in [-0.2, 0) is 4.79 Å².